The van der Waals surface area contributed by atoms with E-state index in [4.69, 9.17) is 9.47 Å². The molecule has 0 atom stereocenters. The van der Waals surface area contributed by atoms with Crippen LogP contribution in [0.4, 0.5) is 0 Å². The number of hydrogen-bond acceptors (Lipinski definition) is 4. The monoisotopic (exact) mass is 768 g/mol. The highest BCUT2D eigenvalue weighted by Gasteiger charge is 2.30. The Morgan fingerprint density at radius 2 is 0.763 bits per heavy atom. The van der Waals surface area contributed by atoms with E-state index in [0.29, 0.717) is 29.0 Å². The minimum atomic E-state index is 0.170. The lowest BCUT2D eigenvalue weighted by molar-refractivity contribution is 0.401. The number of benzene rings is 8. The molecule has 2 aliphatic carbocycles. The summed E-state index contributed by atoms with van der Waals surface area (Å²) in [5, 5.41) is 23.2. The number of fused-ring (bicyclic) bond motifs is 6. The van der Waals surface area contributed by atoms with Gasteiger partial charge in [0.15, 0.2) is 0 Å². The minimum absolute atomic E-state index is 0.170. The molecule has 0 radical (unpaired) electrons. The number of rotatable bonds is 10. The molecule has 288 valence electrons. The zero-order valence-corrected chi connectivity index (χ0v) is 33.3. The summed E-state index contributed by atoms with van der Waals surface area (Å²) in [7, 11) is 3.35. The summed E-state index contributed by atoms with van der Waals surface area (Å²) in [6, 6.07) is 54.6. The van der Waals surface area contributed by atoms with Crippen molar-refractivity contribution >= 4 is 0 Å². The predicted molar refractivity (Wildman–Crippen MR) is 238 cm³/mol. The fourth-order valence-corrected chi connectivity index (χ4v) is 9.79. The van der Waals surface area contributed by atoms with Gasteiger partial charge in [0.25, 0.3) is 0 Å². The van der Waals surface area contributed by atoms with Crippen molar-refractivity contribution in [1.82, 2.24) is 0 Å². The molecule has 0 aliphatic heterocycles. The summed E-state index contributed by atoms with van der Waals surface area (Å²) in [4.78, 5) is 0. The fraction of sp³-hybridized carbons (Fsp3) is 0.127. The van der Waals surface area contributed by atoms with Crippen LogP contribution < -0.4 is 9.47 Å². The van der Waals surface area contributed by atoms with E-state index < -0.39 is 0 Å². The first kappa shape index (κ1) is 36.3. The van der Waals surface area contributed by atoms with E-state index in [0.717, 1.165) is 47.9 Å². The van der Waals surface area contributed by atoms with Gasteiger partial charge in [0.05, 0.1) is 25.3 Å². The largest absolute Gasteiger partial charge is 0.507 e. The van der Waals surface area contributed by atoms with Crippen LogP contribution in [0.2, 0.25) is 0 Å². The van der Waals surface area contributed by atoms with Gasteiger partial charge in [0, 0.05) is 6.42 Å². The Morgan fingerprint density at radius 3 is 1.17 bits per heavy atom. The van der Waals surface area contributed by atoms with Crippen LogP contribution in [0, 0.1) is 0 Å². The van der Waals surface area contributed by atoms with Gasteiger partial charge in [-0.15, -0.1) is 0 Å². The molecule has 59 heavy (non-hydrogen) atoms. The maximum atomic E-state index is 11.6. The van der Waals surface area contributed by atoms with Crippen LogP contribution in [0.25, 0.3) is 44.5 Å². The van der Waals surface area contributed by atoms with E-state index in [1.807, 2.05) is 12.1 Å². The SMILES string of the molecule is COc1c(Cc2ccc(O)c(-c3cccc4c3Cc3cccc(Cc5ccccc5)c3-4)c2OC)ccc(O)c1-c1cccc2c1Cc1cccc(Cc3ccccc3)c1-2. The molecule has 2 N–H and O–H groups in total. The van der Waals surface area contributed by atoms with Crippen molar-refractivity contribution in [3.63, 3.8) is 0 Å². The topological polar surface area (TPSA) is 58.9 Å². The van der Waals surface area contributed by atoms with Crippen LogP contribution >= 0.6 is 0 Å². The molecule has 0 aromatic heterocycles. The van der Waals surface area contributed by atoms with E-state index in [2.05, 4.69) is 133 Å². The summed E-state index contributed by atoms with van der Waals surface area (Å²) in [6.45, 7) is 0. The molecule has 4 heteroatoms. The second kappa shape index (κ2) is 15.0. The number of aromatic hydroxyl groups is 2. The molecule has 8 aromatic rings. The minimum Gasteiger partial charge on any atom is -0.507 e. The Morgan fingerprint density at radius 1 is 0.373 bits per heavy atom. The number of hydrogen-bond donors (Lipinski definition) is 2. The van der Waals surface area contributed by atoms with Crippen LogP contribution in [-0.4, -0.2) is 24.4 Å². The van der Waals surface area contributed by atoms with E-state index >= 15 is 0 Å². The molecule has 0 fully saturated rings. The van der Waals surface area contributed by atoms with Gasteiger partial charge in [0.2, 0.25) is 0 Å². The molecular formula is C55H44O4. The second-order valence-electron chi connectivity index (χ2n) is 15.7. The smallest absolute Gasteiger partial charge is 0.133 e. The van der Waals surface area contributed by atoms with Crippen LogP contribution in [0.15, 0.2) is 158 Å². The predicted octanol–water partition coefficient (Wildman–Crippen LogP) is 12.4. The van der Waals surface area contributed by atoms with Crippen molar-refractivity contribution in [2.24, 2.45) is 0 Å². The van der Waals surface area contributed by atoms with Gasteiger partial charge in [-0.05, 0) is 127 Å². The van der Waals surface area contributed by atoms with Gasteiger partial charge in [-0.25, -0.2) is 0 Å². The fourth-order valence-electron chi connectivity index (χ4n) is 9.79. The molecule has 0 bridgehead atoms. The Kier molecular flexibility index (Phi) is 9.26. The normalized spacial score (nSPS) is 12.1. The summed E-state index contributed by atoms with van der Waals surface area (Å²) in [5.74, 6) is 1.59. The maximum absolute atomic E-state index is 11.6. The highest BCUT2D eigenvalue weighted by atomic mass is 16.5. The highest BCUT2D eigenvalue weighted by Crippen LogP contribution is 2.51. The molecule has 0 spiro atoms. The van der Waals surface area contributed by atoms with Gasteiger partial charge in [-0.2, -0.15) is 0 Å². The Labute approximate surface area is 345 Å². The molecule has 0 saturated heterocycles. The third kappa shape index (κ3) is 6.33. The Balaban J connectivity index is 1.03. The van der Waals surface area contributed by atoms with Gasteiger partial charge < -0.3 is 19.7 Å². The molecule has 2 aliphatic rings. The van der Waals surface area contributed by atoms with Crippen molar-refractivity contribution in [3.05, 3.63) is 213 Å². The third-order valence-electron chi connectivity index (χ3n) is 12.3. The van der Waals surface area contributed by atoms with Gasteiger partial charge in [-0.1, -0.05) is 146 Å². The van der Waals surface area contributed by atoms with Crippen molar-refractivity contribution < 1.29 is 19.7 Å². The van der Waals surface area contributed by atoms with Gasteiger partial charge in [-0.3, -0.25) is 0 Å². The van der Waals surface area contributed by atoms with Crippen LogP contribution in [-0.2, 0) is 32.1 Å². The molecule has 0 saturated carbocycles. The van der Waals surface area contributed by atoms with E-state index in [1.54, 1.807) is 26.4 Å². The first-order valence-corrected chi connectivity index (χ1v) is 20.3. The lowest BCUT2D eigenvalue weighted by atomic mass is 9.89. The van der Waals surface area contributed by atoms with Gasteiger partial charge >= 0.3 is 0 Å². The summed E-state index contributed by atoms with van der Waals surface area (Å²) < 4.78 is 12.5. The van der Waals surface area contributed by atoms with Crippen molar-refractivity contribution in [2.75, 3.05) is 14.2 Å². The number of phenols is 2. The Bertz CT molecular complexity index is 2690. The van der Waals surface area contributed by atoms with Crippen LogP contribution in [0.3, 0.4) is 0 Å². The maximum Gasteiger partial charge on any atom is 0.133 e. The third-order valence-corrected chi connectivity index (χ3v) is 12.3. The molecule has 10 rings (SSSR count). The Hall–Kier alpha value is -7.04. The average Bonchev–Trinajstić information content (AvgIpc) is 3.85. The molecular weight excluding hydrogens is 725 g/mol. The molecule has 0 unspecified atom stereocenters. The zero-order chi connectivity index (χ0) is 40.0. The van der Waals surface area contributed by atoms with Crippen molar-refractivity contribution in [3.8, 4) is 67.5 Å². The van der Waals surface area contributed by atoms with Gasteiger partial charge in [0.1, 0.15) is 23.0 Å². The highest BCUT2D eigenvalue weighted by molar-refractivity contribution is 5.92. The van der Waals surface area contributed by atoms with E-state index in [-0.39, 0.29) is 11.5 Å². The van der Waals surface area contributed by atoms with Crippen LogP contribution in [0.5, 0.6) is 23.0 Å². The van der Waals surface area contributed by atoms with E-state index in [9.17, 15) is 10.2 Å². The second-order valence-corrected chi connectivity index (χ2v) is 15.7. The quantitative estimate of drug-likeness (QED) is 0.145. The number of ether oxygens (including phenoxy) is 2. The summed E-state index contributed by atoms with van der Waals surface area (Å²) in [5.41, 5.74) is 20.2. The lowest BCUT2D eigenvalue weighted by Crippen LogP contribution is -2.02. The standard InChI is InChI=1S/C55H44O4/c1-58-54-40(25-27-48(56)52(54)44-23-11-21-42-46(44)32-38-19-9-17-36(50(38)42)29-34-13-5-3-6-14-34)31-41-26-28-49(57)53(55(41)59-2)45-24-12-22-43-47(45)33-39-20-10-18-37(51(39)43)30-35-15-7-4-8-16-35/h3-28,56-57H,29-33H2,1-2H3. The summed E-state index contributed by atoms with van der Waals surface area (Å²) in [6.07, 6.45) is 3.69. The first-order valence-electron chi connectivity index (χ1n) is 20.3. The number of methoxy groups -OCH3 is 2. The number of phenolic OH excluding ortho intramolecular Hbond substituents is 2. The first-order chi connectivity index (χ1) is 29.0. The molecule has 8 aromatic carbocycles. The lowest BCUT2D eigenvalue weighted by Gasteiger charge is -2.20. The molecule has 0 heterocycles. The molecule has 4 nitrogen and oxygen atoms in total. The van der Waals surface area contributed by atoms with Crippen molar-refractivity contribution in [1.29, 1.82) is 0 Å². The van der Waals surface area contributed by atoms with Crippen LogP contribution in [0.1, 0.15) is 55.6 Å². The zero-order valence-electron chi connectivity index (χ0n) is 33.3. The summed E-state index contributed by atoms with van der Waals surface area (Å²) >= 11 is 0. The van der Waals surface area contributed by atoms with E-state index in [1.165, 1.54) is 66.8 Å². The van der Waals surface area contributed by atoms with Crippen molar-refractivity contribution in [2.45, 2.75) is 32.1 Å². The average molecular weight is 769 g/mol. The molecule has 0 amide bonds.